The number of imidazole rings is 1. The Morgan fingerprint density at radius 1 is 1.31 bits per heavy atom. The number of rotatable bonds is 1. The van der Waals surface area contributed by atoms with Gasteiger partial charge in [0.2, 0.25) is 0 Å². The fourth-order valence-corrected chi connectivity index (χ4v) is 4.82. The van der Waals surface area contributed by atoms with Crippen LogP contribution >= 0.6 is 0 Å². The van der Waals surface area contributed by atoms with E-state index in [0.29, 0.717) is 17.2 Å². The lowest BCUT2D eigenvalue weighted by atomic mass is 9.86. The molecule has 0 spiro atoms. The largest absolute Gasteiger partial charge is 0.508 e. The monoisotopic (exact) mass is 347 g/mol. The molecule has 1 aromatic heterocycles. The summed E-state index contributed by atoms with van der Waals surface area (Å²) in [6, 6.07) is 9.66. The summed E-state index contributed by atoms with van der Waals surface area (Å²) in [7, 11) is 0. The summed E-state index contributed by atoms with van der Waals surface area (Å²) in [6.45, 7) is 2.78. The van der Waals surface area contributed by atoms with Crippen molar-refractivity contribution in [2.24, 2.45) is 0 Å². The molecule has 2 aromatic carbocycles. The van der Waals surface area contributed by atoms with E-state index in [0.717, 1.165) is 42.4 Å². The summed E-state index contributed by atoms with van der Waals surface area (Å²) in [6.07, 6.45) is 4.59. The molecule has 1 aliphatic heterocycles. The maximum absolute atomic E-state index is 13.2. The number of fused-ring (bicyclic) bond motifs is 4. The van der Waals surface area contributed by atoms with Crippen molar-refractivity contribution in [2.45, 2.75) is 38.1 Å². The zero-order valence-corrected chi connectivity index (χ0v) is 14.7. The van der Waals surface area contributed by atoms with Gasteiger partial charge in [-0.05, 0) is 67.1 Å². The van der Waals surface area contributed by atoms with Crippen LogP contribution in [0.5, 0.6) is 5.75 Å². The lowest BCUT2D eigenvalue weighted by Gasteiger charge is -2.38. The van der Waals surface area contributed by atoms with Gasteiger partial charge in [-0.2, -0.15) is 0 Å². The molecular weight excluding hydrogens is 326 g/mol. The zero-order chi connectivity index (χ0) is 17.8. The highest BCUT2D eigenvalue weighted by Gasteiger charge is 2.42. The van der Waals surface area contributed by atoms with Gasteiger partial charge in [0.15, 0.2) is 0 Å². The predicted molar refractivity (Wildman–Crippen MR) is 99.4 cm³/mol. The molecule has 5 heteroatoms. The van der Waals surface area contributed by atoms with Gasteiger partial charge in [0.1, 0.15) is 5.75 Å². The lowest BCUT2D eigenvalue weighted by molar-refractivity contribution is 0.0595. The lowest BCUT2D eigenvalue weighted by Crippen LogP contribution is -2.46. The summed E-state index contributed by atoms with van der Waals surface area (Å²) in [5.41, 5.74) is 5.97. The van der Waals surface area contributed by atoms with Crippen molar-refractivity contribution >= 4 is 16.9 Å². The maximum atomic E-state index is 13.2. The SMILES string of the molecule is Cc1c(O)ccc2c1[C@H]1CCCN(C(=O)c3ccc4[nH]cnc4c3)[C@H]1C2. The van der Waals surface area contributed by atoms with Crippen LogP contribution in [-0.2, 0) is 6.42 Å². The van der Waals surface area contributed by atoms with Gasteiger partial charge in [0, 0.05) is 24.1 Å². The van der Waals surface area contributed by atoms with E-state index in [1.165, 1.54) is 11.1 Å². The van der Waals surface area contributed by atoms with Crippen molar-refractivity contribution in [1.29, 1.82) is 0 Å². The third kappa shape index (κ3) is 2.16. The van der Waals surface area contributed by atoms with E-state index in [1.54, 1.807) is 12.4 Å². The summed E-state index contributed by atoms with van der Waals surface area (Å²) in [4.78, 5) is 22.6. The van der Waals surface area contributed by atoms with Crippen LogP contribution in [0.3, 0.4) is 0 Å². The molecule has 132 valence electrons. The van der Waals surface area contributed by atoms with Gasteiger partial charge in [-0.15, -0.1) is 0 Å². The number of piperidine rings is 1. The fourth-order valence-electron chi connectivity index (χ4n) is 4.82. The van der Waals surface area contributed by atoms with E-state index in [9.17, 15) is 9.90 Å². The van der Waals surface area contributed by atoms with Crippen LogP contribution in [0.2, 0.25) is 0 Å². The smallest absolute Gasteiger partial charge is 0.254 e. The number of carbonyl (C=O) groups excluding carboxylic acids is 1. The molecule has 0 unspecified atom stereocenters. The molecule has 2 atom stereocenters. The number of aromatic amines is 1. The number of likely N-dealkylation sites (tertiary alicyclic amines) is 1. The molecule has 0 bridgehead atoms. The van der Waals surface area contributed by atoms with Crippen molar-refractivity contribution in [3.05, 3.63) is 58.9 Å². The van der Waals surface area contributed by atoms with Gasteiger partial charge in [0.25, 0.3) is 5.91 Å². The average Bonchev–Trinajstić information content (AvgIpc) is 3.27. The molecule has 3 aromatic rings. The third-order valence-corrected chi connectivity index (χ3v) is 6.08. The molecule has 1 fully saturated rings. The van der Waals surface area contributed by atoms with Crippen LogP contribution in [0.15, 0.2) is 36.7 Å². The predicted octanol–water partition coefficient (Wildman–Crippen LogP) is 3.52. The van der Waals surface area contributed by atoms with Crippen molar-refractivity contribution in [3.8, 4) is 5.75 Å². The third-order valence-electron chi connectivity index (χ3n) is 6.08. The Morgan fingerprint density at radius 2 is 2.19 bits per heavy atom. The van der Waals surface area contributed by atoms with Gasteiger partial charge in [-0.1, -0.05) is 6.07 Å². The maximum Gasteiger partial charge on any atom is 0.254 e. The number of nitrogens with zero attached hydrogens (tertiary/aromatic N) is 2. The number of carbonyl (C=O) groups is 1. The molecule has 0 radical (unpaired) electrons. The minimum absolute atomic E-state index is 0.0827. The molecule has 2 aliphatic rings. The van der Waals surface area contributed by atoms with E-state index >= 15 is 0 Å². The van der Waals surface area contributed by atoms with Crippen LogP contribution in [-0.4, -0.2) is 38.5 Å². The van der Waals surface area contributed by atoms with E-state index < -0.39 is 0 Å². The highest BCUT2D eigenvalue weighted by atomic mass is 16.3. The Kier molecular flexibility index (Phi) is 3.32. The Bertz CT molecular complexity index is 1020. The molecule has 1 aliphatic carbocycles. The highest BCUT2D eigenvalue weighted by Crippen LogP contribution is 2.45. The second kappa shape index (κ2) is 5.59. The summed E-state index contributed by atoms with van der Waals surface area (Å²) in [5.74, 6) is 0.764. The van der Waals surface area contributed by atoms with Crippen LogP contribution in [0.25, 0.3) is 11.0 Å². The molecule has 0 saturated carbocycles. The van der Waals surface area contributed by atoms with Gasteiger partial charge in [-0.3, -0.25) is 4.79 Å². The second-order valence-corrected chi connectivity index (χ2v) is 7.44. The van der Waals surface area contributed by atoms with E-state index in [1.807, 2.05) is 36.1 Å². The standard InChI is InChI=1S/C21H21N3O2/c1-12-19(25)7-5-13-10-18-15(20(12)13)3-2-8-24(18)21(26)14-4-6-16-17(9-14)23-11-22-16/h4-7,9,11,15,18,25H,2-3,8,10H2,1H3,(H,22,23)/t15-,18-/m0/s1. The molecule has 5 rings (SSSR count). The fraction of sp³-hybridized carbons (Fsp3) is 0.333. The number of aromatic nitrogens is 2. The van der Waals surface area contributed by atoms with Crippen LogP contribution in [0, 0.1) is 6.92 Å². The molecule has 1 saturated heterocycles. The molecule has 5 nitrogen and oxygen atoms in total. The van der Waals surface area contributed by atoms with Crippen LogP contribution in [0.4, 0.5) is 0 Å². The van der Waals surface area contributed by atoms with Crippen LogP contribution < -0.4 is 0 Å². The van der Waals surface area contributed by atoms with Gasteiger partial charge < -0.3 is 15.0 Å². The first-order valence-electron chi connectivity index (χ1n) is 9.19. The van der Waals surface area contributed by atoms with Crippen LogP contribution in [0.1, 0.15) is 45.8 Å². The summed E-state index contributed by atoms with van der Waals surface area (Å²) in [5, 5.41) is 10.1. The second-order valence-electron chi connectivity index (χ2n) is 7.44. The van der Waals surface area contributed by atoms with Gasteiger partial charge >= 0.3 is 0 Å². The molecule has 2 N–H and O–H groups in total. The number of benzene rings is 2. The van der Waals surface area contributed by atoms with Crippen molar-refractivity contribution in [1.82, 2.24) is 14.9 Å². The number of aromatic hydroxyl groups is 1. The Hall–Kier alpha value is -2.82. The normalized spacial score (nSPS) is 21.7. The summed E-state index contributed by atoms with van der Waals surface area (Å²) < 4.78 is 0. The zero-order valence-electron chi connectivity index (χ0n) is 14.7. The number of phenols is 1. The first-order chi connectivity index (χ1) is 12.6. The minimum Gasteiger partial charge on any atom is -0.508 e. The summed E-state index contributed by atoms with van der Waals surface area (Å²) >= 11 is 0. The molecule has 26 heavy (non-hydrogen) atoms. The Morgan fingerprint density at radius 3 is 3.08 bits per heavy atom. The number of nitrogens with one attached hydrogen (secondary N) is 1. The number of H-pyrrole nitrogens is 1. The first-order valence-corrected chi connectivity index (χ1v) is 9.19. The van der Waals surface area contributed by atoms with Gasteiger partial charge in [0.05, 0.1) is 17.4 Å². The van der Waals surface area contributed by atoms with E-state index in [2.05, 4.69) is 9.97 Å². The Labute approximate surface area is 151 Å². The quantitative estimate of drug-likeness (QED) is 0.708. The number of phenolic OH excluding ortho intramolecular Hbond substituents is 1. The van der Waals surface area contributed by atoms with Crippen molar-refractivity contribution in [2.75, 3.05) is 6.54 Å². The topological polar surface area (TPSA) is 69.2 Å². The van der Waals surface area contributed by atoms with Crippen molar-refractivity contribution < 1.29 is 9.90 Å². The average molecular weight is 347 g/mol. The van der Waals surface area contributed by atoms with E-state index in [-0.39, 0.29) is 11.9 Å². The molecule has 1 amide bonds. The first kappa shape index (κ1) is 15.4. The number of hydrogen-bond donors (Lipinski definition) is 2. The van der Waals surface area contributed by atoms with Crippen molar-refractivity contribution in [3.63, 3.8) is 0 Å². The highest BCUT2D eigenvalue weighted by molar-refractivity contribution is 5.97. The van der Waals surface area contributed by atoms with E-state index in [4.69, 9.17) is 0 Å². The minimum atomic E-state index is 0.0827. The number of hydrogen-bond acceptors (Lipinski definition) is 3. The Balaban J connectivity index is 1.50. The van der Waals surface area contributed by atoms with Gasteiger partial charge in [-0.25, -0.2) is 4.98 Å². The molecular formula is C21H21N3O2. The molecule has 2 heterocycles. The number of amides is 1.